The number of aromatic nitrogens is 5. The number of nitrogens with zero attached hydrogens (tertiary/aromatic N) is 5. The highest BCUT2D eigenvalue weighted by Crippen LogP contribution is 2.26. The van der Waals surface area contributed by atoms with Gasteiger partial charge in [-0.1, -0.05) is 36.0 Å². The van der Waals surface area contributed by atoms with E-state index in [4.69, 9.17) is 0 Å². The molecule has 2 heterocycles. The van der Waals surface area contributed by atoms with Crippen molar-refractivity contribution in [3.05, 3.63) is 66.9 Å². The van der Waals surface area contributed by atoms with Crippen LogP contribution in [0.5, 0.6) is 0 Å². The zero-order valence-electron chi connectivity index (χ0n) is 14.5. The fourth-order valence-electron chi connectivity index (χ4n) is 2.64. The van der Waals surface area contributed by atoms with Crippen molar-refractivity contribution in [3.8, 4) is 5.69 Å². The van der Waals surface area contributed by atoms with E-state index in [2.05, 4.69) is 25.8 Å². The van der Waals surface area contributed by atoms with Gasteiger partial charge in [-0.2, -0.15) is 4.68 Å². The summed E-state index contributed by atoms with van der Waals surface area (Å²) in [6.45, 7) is 1.83. The largest absolute Gasteiger partial charge is 0.324 e. The Balaban J connectivity index is 1.52. The first-order valence-corrected chi connectivity index (χ1v) is 9.25. The molecule has 1 amide bonds. The number of carbonyl (C=O) groups excluding carboxylic acids is 1. The molecule has 1 atom stereocenters. The molecule has 27 heavy (non-hydrogen) atoms. The van der Waals surface area contributed by atoms with Crippen LogP contribution in [0.1, 0.15) is 6.92 Å². The molecule has 0 radical (unpaired) electrons. The van der Waals surface area contributed by atoms with E-state index >= 15 is 0 Å². The third kappa shape index (κ3) is 3.65. The fraction of sp³-hybridized carbons (Fsp3) is 0.105. The molecule has 1 N–H and O–H groups in total. The third-order valence-corrected chi connectivity index (χ3v) is 5.03. The second-order valence-electron chi connectivity index (χ2n) is 5.83. The van der Waals surface area contributed by atoms with E-state index in [9.17, 15) is 4.79 Å². The second-order valence-corrected chi connectivity index (χ2v) is 7.14. The minimum atomic E-state index is -0.384. The molecule has 7 nitrogen and oxygen atoms in total. The number of hydrogen-bond acceptors (Lipinski definition) is 6. The lowest BCUT2D eigenvalue weighted by molar-refractivity contribution is -0.115. The lowest BCUT2D eigenvalue weighted by Crippen LogP contribution is -2.23. The molecule has 134 valence electrons. The van der Waals surface area contributed by atoms with Crippen molar-refractivity contribution in [3.63, 3.8) is 0 Å². The van der Waals surface area contributed by atoms with E-state index in [-0.39, 0.29) is 11.2 Å². The second kappa shape index (κ2) is 7.55. The number of tetrazole rings is 1. The van der Waals surface area contributed by atoms with Crippen LogP contribution in [-0.4, -0.2) is 36.3 Å². The maximum absolute atomic E-state index is 12.7. The van der Waals surface area contributed by atoms with E-state index in [1.54, 1.807) is 10.9 Å². The number of anilines is 1. The van der Waals surface area contributed by atoms with Gasteiger partial charge in [-0.25, -0.2) is 0 Å². The van der Waals surface area contributed by atoms with Gasteiger partial charge in [-0.05, 0) is 53.7 Å². The van der Waals surface area contributed by atoms with Crippen LogP contribution in [0.25, 0.3) is 16.6 Å². The van der Waals surface area contributed by atoms with Crippen LogP contribution in [0.4, 0.5) is 5.69 Å². The predicted octanol–water partition coefficient (Wildman–Crippen LogP) is 3.33. The molecule has 0 spiro atoms. The SMILES string of the molecule is CC(Sc1nnnn1-c1ccccc1)C(=O)Nc1cccc2ncccc12. The van der Waals surface area contributed by atoms with Crippen molar-refractivity contribution in [2.75, 3.05) is 5.32 Å². The van der Waals surface area contributed by atoms with E-state index in [1.165, 1.54) is 11.8 Å². The van der Waals surface area contributed by atoms with Gasteiger partial charge in [0.2, 0.25) is 11.1 Å². The predicted molar refractivity (Wildman–Crippen MR) is 105 cm³/mol. The average Bonchev–Trinajstić information content (AvgIpc) is 3.17. The summed E-state index contributed by atoms with van der Waals surface area (Å²) in [6, 6.07) is 19.0. The van der Waals surface area contributed by atoms with E-state index < -0.39 is 0 Å². The average molecular weight is 376 g/mol. The Bertz CT molecular complexity index is 1080. The van der Waals surface area contributed by atoms with Gasteiger partial charge in [-0.15, -0.1) is 5.10 Å². The molecule has 2 aromatic heterocycles. The van der Waals surface area contributed by atoms with Crippen LogP contribution in [0.15, 0.2) is 72.0 Å². The van der Waals surface area contributed by atoms with Gasteiger partial charge in [0.1, 0.15) is 0 Å². The molecule has 0 aliphatic heterocycles. The quantitative estimate of drug-likeness (QED) is 0.538. The maximum atomic E-state index is 12.7. The lowest BCUT2D eigenvalue weighted by atomic mass is 10.2. The highest BCUT2D eigenvalue weighted by atomic mass is 32.2. The number of thioether (sulfide) groups is 1. The zero-order valence-corrected chi connectivity index (χ0v) is 15.3. The number of amides is 1. The maximum Gasteiger partial charge on any atom is 0.237 e. The smallest absolute Gasteiger partial charge is 0.237 e. The van der Waals surface area contributed by atoms with Crippen molar-refractivity contribution in [2.24, 2.45) is 0 Å². The van der Waals surface area contributed by atoms with Crippen molar-refractivity contribution < 1.29 is 4.79 Å². The lowest BCUT2D eigenvalue weighted by Gasteiger charge is -2.13. The fourth-order valence-corrected chi connectivity index (χ4v) is 3.45. The Morgan fingerprint density at radius 1 is 1.07 bits per heavy atom. The molecule has 4 rings (SSSR count). The number of hydrogen-bond donors (Lipinski definition) is 1. The third-order valence-electron chi connectivity index (χ3n) is 4.00. The summed E-state index contributed by atoms with van der Waals surface area (Å²) >= 11 is 1.30. The molecule has 2 aromatic carbocycles. The standard InChI is InChI=1S/C19H16N6OS/c1-13(27-19-22-23-24-25(19)14-7-3-2-4-8-14)18(26)21-17-11-5-10-16-15(17)9-6-12-20-16/h2-13H,1H3,(H,21,26). The molecule has 8 heteroatoms. The Labute approximate surface area is 159 Å². The molecule has 0 saturated carbocycles. The molecular weight excluding hydrogens is 360 g/mol. The van der Waals surface area contributed by atoms with Crippen LogP contribution in [0, 0.1) is 0 Å². The summed E-state index contributed by atoms with van der Waals surface area (Å²) in [5.74, 6) is -0.126. The van der Waals surface area contributed by atoms with Crippen LogP contribution in [0.2, 0.25) is 0 Å². The highest BCUT2D eigenvalue weighted by molar-refractivity contribution is 8.00. The Morgan fingerprint density at radius 3 is 2.78 bits per heavy atom. The summed E-state index contributed by atoms with van der Waals surface area (Å²) in [5, 5.41) is 15.9. The van der Waals surface area contributed by atoms with E-state index in [0.29, 0.717) is 5.16 Å². The zero-order chi connectivity index (χ0) is 18.6. The summed E-state index contributed by atoms with van der Waals surface area (Å²) in [4.78, 5) is 17.0. The Kier molecular flexibility index (Phi) is 4.80. The van der Waals surface area contributed by atoms with Gasteiger partial charge in [-0.3, -0.25) is 9.78 Å². The Morgan fingerprint density at radius 2 is 1.93 bits per heavy atom. The number of fused-ring (bicyclic) bond motifs is 1. The monoisotopic (exact) mass is 376 g/mol. The summed E-state index contributed by atoms with van der Waals surface area (Å²) in [7, 11) is 0. The molecule has 0 aliphatic carbocycles. The minimum absolute atomic E-state index is 0.126. The van der Waals surface area contributed by atoms with Gasteiger partial charge >= 0.3 is 0 Å². The number of pyridine rings is 1. The first-order chi connectivity index (χ1) is 13.2. The number of carbonyl (C=O) groups is 1. The van der Waals surface area contributed by atoms with Crippen molar-refractivity contribution >= 4 is 34.3 Å². The van der Waals surface area contributed by atoms with E-state index in [1.807, 2.05) is 67.6 Å². The number of nitrogens with one attached hydrogen (secondary N) is 1. The van der Waals surface area contributed by atoms with Gasteiger partial charge < -0.3 is 5.32 Å². The molecular formula is C19H16N6OS. The summed E-state index contributed by atoms with van der Waals surface area (Å²) in [5.41, 5.74) is 2.42. The van der Waals surface area contributed by atoms with Crippen LogP contribution < -0.4 is 5.32 Å². The Hall–Kier alpha value is -3.26. The highest BCUT2D eigenvalue weighted by Gasteiger charge is 2.20. The summed E-state index contributed by atoms with van der Waals surface area (Å²) in [6.07, 6.45) is 1.73. The van der Waals surface area contributed by atoms with Gasteiger partial charge in [0.15, 0.2) is 0 Å². The van der Waals surface area contributed by atoms with Gasteiger partial charge in [0.05, 0.1) is 22.1 Å². The van der Waals surface area contributed by atoms with E-state index in [0.717, 1.165) is 22.3 Å². The number of para-hydroxylation sites is 1. The first-order valence-electron chi connectivity index (χ1n) is 8.37. The number of rotatable bonds is 5. The summed E-state index contributed by atoms with van der Waals surface area (Å²) < 4.78 is 1.62. The van der Waals surface area contributed by atoms with Crippen molar-refractivity contribution in [1.29, 1.82) is 0 Å². The molecule has 0 bridgehead atoms. The molecule has 0 aliphatic rings. The molecule has 1 unspecified atom stereocenters. The van der Waals surface area contributed by atoms with Crippen LogP contribution in [-0.2, 0) is 4.79 Å². The topological polar surface area (TPSA) is 85.6 Å². The van der Waals surface area contributed by atoms with Crippen LogP contribution in [0.3, 0.4) is 0 Å². The molecule has 0 saturated heterocycles. The van der Waals surface area contributed by atoms with Crippen molar-refractivity contribution in [1.82, 2.24) is 25.2 Å². The molecule has 4 aromatic rings. The first kappa shape index (κ1) is 17.2. The minimum Gasteiger partial charge on any atom is -0.324 e. The molecule has 0 fully saturated rings. The van der Waals surface area contributed by atoms with Gasteiger partial charge in [0, 0.05) is 11.6 Å². The number of benzene rings is 2. The van der Waals surface area contributed by atoms with Gasteiger partial charge in [0.25, 0.3) is 0 Å². The normalized spacial score (nSPS) is 12.0. The van der Waals surface area contributed by atoms with Crippen molar-refractivity contribution in [2.45, 2.75) is 17.3 Å². The van der Waals surface area contributed by atoms with Crippen LogP contribution >= 0.6 is 11.8 Å².